The molecule has 0 bridgehead atoms. The molecule has 0 heterocycles. The van der Waals surface area contributed by atoms with Gasteiger partial charge in [-0.05, 0) is 41.7 Å². The largest absolute Gasteiger partial charge is 0.103 e. The molecule has 1 aromatic rings. The number of benzene rings is 1. The van der Waals surface area contributed by atoms with Gasteiger partial charge in [0.15, 0.2) is 0 Å². The van der Waals surface area contributed by atoms with Crippen LogP contribution < -0.4 is 0 Å². The SMILES string of the molecule is C=C(CC)S/C=C(\C)c1ccc(C)cc1. The smallest absolute Gasteiger partial charge is 0.0183 e. The molecule has 0 aromatic heterocycles. The Morgan fingerprint density at radius 2 is 1.93 bits per heavy atom. The lowest BCUT2D eigenvalue weighted by atomic mass is 10.1. The third-order valence-electron chi connectivity index (χ3n) is 2.30. The van der Waals surface area contributed by atoms with E-state index in [2.05, 4.69) is 57.0 Å². The fraction of sp³-hybridized carbons (Fsp3) is 0.286. The molecular weight excluding hydrogens is 200 g/mol. The van der Waals surface area contributed by atoms with Crippen molar-refractivity contribution in [3.05, 3.63) is 52.3 Å². The van der Waals surface area contributed by atoms with Crippen molar-refractivity contribution >= 4 is 17.3 Å². The summed E-state index contributed by atoms with van der Waals surface area (Å²) < 4.78 is 0. The van der Waals surface area contributed by atoms with E-state index in [4.69, 9.17) is 0 Å². The van der Waals surface area contributed by atoms with Crippen molar-refractivity contribution in [1.82, 2.24) is 0 Å². The van der Waals surface area contributed by atoms with Gasteiger partial charge in [0.25, 0.3) is 0 Å². The van der Waals surface area contributed by atoms with Crippen molar-refractivity contribution in [3.63, 3.8) is 0 Å². The molecule has 0 nitrogen and oxygen atoms in total. The summed E-state index contributed by atoms with van der Waals surface area (Å²) in [6.07, 6.45) is 1.03. The quantitative estimate of drug-likeness (QED) is 0.684. The molecule has 15 heavy (non-hydrogen) atoms. The standard InChI is InChI=1S/C14H18S/c1-5-13(4)15-10-12(3)14-8-6-11(2)7-9-14/h6-10H,4-5H2,1-3H3/b12-10+. The monoisotopic (exact) mass is 218 g/mol. The van der Waals surface area contributed by atoms with E-state index >= 15 is 0 Å². The number of hydrogen-bond acceptors (Lipinski definition) is 1. The molecule has 1 aromatic carbocycles. The Hall–Kier alpha value is -0.950. The van der Waals surface area contributed by atoms with Crippen molar-refractivity contribution in [2.24, 2.45) is 0 Å². The average Bonchev–Trinajstić information content (AvgIpc) is 2.26. The number of aryl methyl sites for hydroxylation is 1. The molecule has 0 aliphatic carbocycles. The molecule has 0 aliphatic rings. The zero-order valence-corrected chi connectivity index (χ0v) is 10.5. The van der Waals surface area contributed by atoms with E-state index in [0.717, 1.165) is 6.42 Å². The highest BCUT2D eigenvalue weighted by atomic mass is 32.2. The summed E-state index contributed by atoms with van der Waals surface area (Å²) in [5.74, 6) is 0. The Balaban J connectivity index is 2.71. The molecule has 80 valence electrons. The van der Waals surface area contributed by atoms with Gasteiger partial charge in [-0.25, -0.2) is 0 Å². The van der Waals surface area contributed by atoms with E-state index in [0.29, 0.717) is 0 Å². The van der Waals surface area contributed by atoms with Gasteiger partial charge in [0.2, 0.25) is 0 Å². The molecule has 1 heteroatoms. The van der Waals surface area contributed by atoms with Gasteiger partial charge in [-0.3, -0.25) is 0 Å². The summed E-state index contributed by atoms with van der Waals surface area (Å²) >= 11 is 1.73. The van der Waals surface area contributed by atoms with Crippen LogP contribution in [0.5, 0.6) is 0 Å². The molecule has 0 unspecified atom stereocenters. The first kappa shape index (κ1) is 12.1. The summed E-state index contributed by atoms with van der Waals surface area (Å²) in [5.41, 5.74) is 3.89. The zero-order chi connectivity index (χ0) is 11.3. The van der Waals surface area contributed by atoms with Gasteiger partial charge in [-0.15, -0.1) is 11.8 Å². The lowest BCUT2D eigenvalue weighted by Crippen LogP contribution is -1.79. The van der Waals surface area contributed by atoms with Crippen LogP contribution in [-0.2, 0) is 0 Å². The predicted octanol–water partition coefficient (Wildman–Crippen LogP) is 5.01. The van der Waals surface area contributed by atoms with Gasteiger partial charge in [0.1, 0.15) is 0 Å². The van der Waals surface area contributed by atoms with Gasteiger partial charge in [-0.2, -0.15) is 0 Å². The molecule has 0 saturated carbocycles. The van der Waals surface area contributed by atoms with E-state index in [9.17, 15) is 0 Å². The molecule has 0 amide bonds. The van der Waals surface area contributed by atoms with Crippen molar-refractivity contribution < 1.29 is 0 Å². The first-order chi connectivity index (χ1) is 7.13. The van der Waals surface area contributed by atoms with Crippen LogP contribution in [0.25, 0.3) is 5.57 Å². The van der Waals surface area contributed by atoms with Gasteiger partial charge in [0.05, 0.1) is 0 Å². The van der Waals surface area contributed by atoms with Crippen LogP contribution in [0.1, 0.15) is 31.4 Å². The van der Waals surface area contributed by atoms with Gasteiger partial charge in [-0.1, -0.05) is 43.3 Å². The fourth-order valence-electron chi connectivity index (χ4n) is 1.14. The third kappa shape index (κ3) is 3.96. The number of rotatable bonds is 4. The number of allylic oxidation sites excluding steroid dienone is 2. The summed E-state index contributed by atoms with van der Waals surface area (Å²) in [4.78, 5) is 1.21. The highest BCUT2D eigenvalue weighted by molar-refractivity contribution is 8.05. The first-order valence-electron chi connectivity index (χ1n) is 5.21. The van der Waals surface area contributed by atoms with E-state index in [1.54, 1.807) is 11.8 Å². The van der Waals surface area contributed by atoms with E-state index in [1.807, 2.05) is 0 Å². The van der Waals surface area contributed by atoms with Crippen molar-refractivity contribution in [1.29, 1.82) is 0 Å². The second-order valence-electron chi connectivity index (χ2n) is 3.68. The molecular formula is C14H18S. The summed E-state index contributed by atoms with van der Waals surface area (Å²) in [5, 5.41) is 2.18. The van der Waals surface area contributed by atoms with Crippen LogP contribution in [0, 0.1) is 6.92 Å². The van der Waals surface area contributed by atoms with Gasteiger partial charge >= 0.3 is 0 Å². The third-order valence-corrected chi connectivity index (χ3v) is 3.40. The second kappa shape index (κ2) is 5.82. The maximum atomic E-state index is 3.97. The van der Waals surface area contributed by atoms with Gasteiger partial charge in [0, 0.05) is 0 Å². The van der Waals surface area contributed by atoms with Crippen molar-refractivity contribution in [2.45, 2.75) is 27.2 Å². The normalized spacial score (nSPS) is 11.5. The first-order valence-corrected chi connectivity index (χ1v) is 6.09. The lowest BCUT2D eigenvalue weighted by Gasteiger charge is -2.03. The molecule has 1 rings (SSSR count). The van der Waals surface area contributed by atoms with Crippen LogP contribution in [0.15, 0.2) is 41.2 Å². The fourth-order valence-corrected chi connectivity index (χ4v) is 1.79. The summed E-state index contributed by atoms with van der Waals surface area (Å²) in [7, 11) is 0. The van der Waals surface area contributed by atoms with Gasteiger partial charge < -0.3 is 0 Å². The molecule has 0 atom stereocenters. The molecule has 0 spiro atoms. The van der Waals surface area contributed by atoms with Crippen LogP contribution in [-0.4, -0.2) is 0 Å². The summed E-state index contributed by atoms with van der Waals surface area (Å²) in [6.45, 7) is 10.3. The molecule has 0 aliphatic heterocycles. The van der Waals surface area contributed by atoms with Crippen LogP contribution in [0.2, 0.25) is 0 Å². The average molecular weight is 218 g/mol. The highest BCUT2D eigenvalue weighted by Crippen LogP contribution is 2.24. The Morgan fingerprint density at radius 3 is 2.47 bits per heavy atom. The Morgan fingerprint density at radius 1 is 1.33 bits per heavy atom. The van der Waals surface area contributed by atoms with Crippen molar-refractivity contribution in [2.75, 3.05) is 0 Å². The molecule has 0 N–H and O–H groups in total. The maximum Gasteiger partial charge on any atom is -0.0183 e. The van der Waals surface area contributed by atoms with E-state index in [-0.39, 0.29) is 0 Å². The Bertz CT molecular complexity index is 357. The van der Waals surface area contributed by atoms with E-state index < -0.39 is 0 Å². The van der Waals surface area contributed by atoms with Crippen molar-refractivity contribution in [3.8, 4) is 0 Å². The minimum absolute atomic E-state index is 1.03. The minimum Gasteiger partial charge on any atom is -0.103 e. The Labute approximate surface area is 97.1 Å². The zero-order valence-electron chi connectivity index (χ0n) is 9.71. The topological polar surface area (TPSA) is 0 Å². The van der Waals surface area contributed by atoms with E-state index in [1.165, 1.54) is 21.6 Å². The van der Waals surface area contributed by atoms with Crippen LogP contribution in [0.3, 0.4) is 0 Å². The predicted molar refractivity (Wildman–Crippen MR) is 71.9 cm³/mol. The number of thioether (sulfide) groups is 1. The molecule has 0 radical (unpaired) electrons. The second-order valence-corrected chi connectivity index (χ2v) is 4.73. The number of hydrogen-bond donors (Lipinski definition) is 0. The van der Waals surface area contributed by atoms with Crippen LogP contribution in [0.4, 0.5) is 0 Å². The molecule has 0 saturated heterocycles. The highest BCUT2D eigenvalue weighted by Gasteiger charge is 1.95. The lowest BCUT2D eigenvalue weighted by molar-refractivity contribution is 1.21. The van der Waals surface area contributed by atoms with Crippen LogP contribution >= 0.6 is 11.8 Å². The Kier molecular flexibility index (Phi) is 4.70. The molecule has 0 fully saturated rings. The maximum absolute atomic E-state index is 3.97. The summed E-state index contributed by atoms with van der Waals surface area (Å²) in [6, 6.07) is 8.62. The minimum atomic E-state index is 1.03.